The highest BCUT2D eigenvalue weighted by Gasteiger charge is 2.28. The minimum atomic E-state index is 0.0972. The minimum Gasteiger partial charge on any atom is -0.396 e. The van der Waals surface area contributed by atoms with Crippen LogP contribution in [0.3, 0.4) is 0 Å². The van der Waals surface area contributed by atoms with Crippen molar-refractivity contribution in [1.29, 1.82) is 0 Å². The first-order valence-electron chi connectivity index (χ1n) is 6.97. The molecule has 3 N–H and O–H groups in total. The van der Waals surface area contributed by atoms with Crippen LogP contribution >= 0.6 is 15.9 Å². The van der Waals surface area contributed by atoms with Gasteiger partial charge in [0.1, 0.15) is 0 Å². The number of benzene rings is 1. The molecule has 1 aliphatic heterocycles. The van der Waals surface area contributed by atoms with Gasteiger partial charge in [0.05, 0.1) is 0 Å². The zero-order valence-corrected chi connectivity index (χ0v) is 13.0. The number of likely N-dealkylation sites (tertiary alicyclic amines) is 1. The molecule has 0 aliphatic carbocycles. The first kappa shape index (κ1) is 15.0. The van der Waals surface area contributed by atoms with Gasteiger partial charge in [0.2, 0.25) is 0 Å². The molecule has 0 spiro atoms. The maximum Gasteiger partial charge on any atom is 0.0496 e. The molecule has 106 valence electrons. The molecule has 3 nitrogen and oxygen atoms in total. The van der Waals surface area contributed by atoms with E-state index in [0.29, 0.717) is 12.5 Å². The Morgan fingerprint density at radius 2 is 2.11 bits per heavy atom. The SMILES string of the molecule is CC(N)C(c1cccc(Br)c1)N1CCC(CO)CC1. The highest BCUT2D eigenvalue weighted by atomic mass is 79.9. The Morgan fingerprint density at radius 3 is 2.63 bits per heavy atom. The minimum absolute atomic E-state index is 0.0972. The van der Waals surface area contributed by atoms with Crippen LogP contribution in [0.15, 0.2) is 28.7 Å². The number of nitrogens with two attached hydrogens (primary N) is 1. The summed E-state index contributed by atoms with van der Waals surface area (Å²) < 4.78 is 1.10. The highest BCUT2D eigenvalue weighted by Crippen LogP contribution is 2.30. The molecule has 1 aromatic rings. The second-order valence-electron chi connectivity index (χ2n) is 5.52. The van der Waals surface area contributed by atoms with Gasteiger partial charge in [-0.15, -0.1) is 0 Å². The number of rotatable bonds is 4. The fourth-order valence-electron chi connectivity index (χ4n) is 2.95. The molecule has 1 fully saturated rings. The van der Waals surface area contributed by atoms with Crippen LogP contribution in [0, 0.1) is 5.92 Å². The molecule has 0 saturated carbocycles. The summed E-state index contributed by atoms with van der Waals surface area (Å²) in [6, 6.07) is 8.77. The normalized spacial score (nSPS) is 21.3. The summed E-state index contributed by atoms with van der Waals surface area (Å²) in [6.45, 7) is 4.42. The molecule has 1 aromatic carbocycles. The predicted octanol–water partition coefficient (Wildman–Crippen LogP) is 2.54. The van der Waals surface area contributed by atoms with Gasteiger partial charge in [-0.2, -0.15) is 0 Å². The molecular weight excluding hydrogens is 304 g/mol. The van der Waals surface area contributed by atoms with E-state index in [0.717, 1.165) is 30.4 Å². The van der Waals surface area contributed by atoms with Crippen molar-refractivity contribution in [3.8, 4) is 0 Å². The Balaban J connectivity index is 2.13. The van der Waals surface area contributed by atoms with Crippen LogP contribution in [0.4, 0.5) is 0 Å². The van der Waals surface area contributed by atoms with Crippen LogP contribution in [0.2, 0.25) is 0 Å². The lowest BCUT2D eigenvalue weighted by atomic mass is 9.92. The lowest BCUT2D eigenvalue weighted by molar-refractivity contribution is 0.0915. The maximum absolute atomic E-state index is 9.23. The third-order valence-electron chi connectivity index (χ3n) is 3.99. The fraction of sp³-hybridized carbons (Fsp3) is 0.600. The van der Waals surface area contributed by atoms with Crippen LogP contribution in [0.1, 0.15) is 31.4 Å². The largest absolute Gasteiger partial charge is 0.396 e. The van der Waals surface area contributed by atoms with Crippen molar-refractivity contribution < 1.29 is 5.11 Å². The van der Waals surface area contributed by atoms with Gasteiger partial charge in [-0.25, -0.2) is 0 Å². The first-order chi connectivity index (χ1) is 9.11. The van der Waals surface area contributed by atoms with E-state index in [1.807, 2.05) is 6.07 Å². The molecule has 1 heterocycles. The van der Waals surface area contributed by atoms with Crippen molar-refractivity contribution >= 4 is 15.9 Å². The van der Waals surface area contributed by atoms with Crippen molar-refractivity contribution in [2.45, 2.75) is 31.8 Å². The lowest BCUT2D eigenvalue weighted by Gasteiger charge is -2.39. The number of halogens is 1. The summed E-state index contributed by atoms with van der Waals surface area (Å²) in [5.74, 6) is 0.465. The predicted molar refractivity (Wildman–Crippen MR) is 81.9 cm³/mol. The van der Waals surface area contributed by atoms with E-state index >= 15 is 0 Å². The Morgan fingerprint density at radius 1 is 1.42 bits per heavy atom. The monoisotopic (exact) mass is 326 g/mol. The number of aliphatic hydroxyl groups excluding tert-OH is 1. The van der Waals surface area contributed by atoms with Crippen LogP contribution < -0.4 is 5.73 Å². The summed E-state index contributed by atoms with van der Waals surface area (Å²) in [5, 5.41) is 9.23. The topological polar surface area (TPSA) is 49.5 Å². The summed E-state index contributed by atoms with van der Waals surface area (Å²) in [4.78, 5) is 2.46. The van der Waals surface area contributed by atoms with Gasteiger partial charge in [-0.3, -0.25) is 4.90 Å². The van der Waals surface area contributed by atoms with Crippen molar-refractivity contribution in [3.05, 3.63) is 34.3 Å². The van der Waals surface area contributed by atoms with E-state index in [2.05, 4.69) is 46.0 Å². The van der Waals surface area contributed by atoms with Gasteiger partial charge in [-0.05, 0) is 56.5 Å². The lowest BCUT2D eigenvalue weighted by Crippen LogP contribution is -2.44. The molecule has 0 bridgehead atoms. The molecule has 0 radical (unpaired) electrons. The van der Waals surface area contributed by atoms with Crippen LogP contribution in [0.5, 0.6) is 0 Å². The third kappa shape index (κ3) is 3.78. The van der Waals surface area contributed by atoms with Gasteiger partial charge in [0.25, 0.3) is 0 Å². The Hall–Kier alpha value is -0.420. The molecule has 19 heavy (non-hydrogen) atoms. The van der Waals surface area contributed by atoms with Crippen molar-refractivity contribution in [1.82, 2.24) is 4.90 Å². The molecule has 1 saturated heterocycles. The smallest absolute Gasteiger partial charge is 0.0496 e. The number of aliphatic hydroxyl groups is 1. The summed E-state index contributed by atoms with van der Waals surface area (Å²) in [5.41, 5.74) is 7.48. The molecule has 0 amide bonds. The zero-order valence-electron chi connectivity index (χ0n) is 11.4. The second kappa shape index (κ2) is 6.84. The van der Waals surface area contributed by atoms with Crippen molar-refractivity contribution in [3.63, 3.8) is 0 Å². The van der Waals surface area contributed by atoms with E-state index in [1.165, 1.54) is 5.56 Å². The molecule has 4 heteroatoms. The third-order valence-corrected chi connectivity index (χ3v) is 4.48. The molecule has 1 aliphatic rings. The van der Waals surface area contributed by atoms with Gasteiger partial charge in [0.15, 0.2) is 0 Å². The zero-order chi connectivity index (χ0) is 13.8. The van der Waals surface area contributed by atoms with Gasteiger partial charge in [0, 0.05) is 23.2 Å². The summed E-state index contributed by atoms with van der Waals surface area (Å²) in [7, 11) is 0. The molecule has 0 aromatic heterocycles. The van der Waals surface area contributed by atoms with Gasteiger partial charge < -0.3 is 10.8 Å². The molecule has 2 unspecified atom stereocenters. The average molecular weight is 327 g/mol. The summed E-state index contributed by atoms with van der Waals surface area (Å²) >= 11 is 3.53. The highest BCUT2D eigenvalue weighted by molar-refractivity contribution is 9.10. The van der Waals surface area contributed by atoms with Crippen molar-refractivity contribution in [2.24, 2.45) is 11.7 Å². The molecular formula is C15H23BrN2O. The quantitative estimate of drug-likeness (QED) is 0.893. The standard InChI is InChI=1S/C15H23BrN2O/c1-11(17)15(13-3-2-4-14(16)9-13)18-7-5-12(10-19)6-8-18/h2-4,9,11-12,15,19H,5-8,10,17H2,1H3. The van der Waals surface area contributed by atoms with E-state index in [9.17, 15) is 5.11 Å². The number of piperidine rings is 1. The van der Waals surface area contributed by atoms with Crippen LogP contribution in [0.25, 0.3) is 0 Å². The maximum atomic E-state index is 9.23. The van der Waals surface area contributed by atoms with Crippen LogP contribution in [-0.2, 0) is 0 Å². The molecule has 2 atom stereocenters. The number of nitrogens with zero attached hydrogens (tertiary/aromatic N) is 1. The van der Waals surface area contributed by atoms with E-state index in [4.69, 9.17) is 5.73 Å². The van der Waals surface area contributed by atoms with Crippen molar-refractivity contribution in [2.75, 3.05) is 19.7 Å². The molecule has 2 rings (SSSR count). The van der Waals surface area contributed by atoms with E-state index in [-0.39, 0.29) is 12.1 Å². The Labute approximate surface area is 123 Å². The van der Waals surface area contributed by atoms with Gasteiger partial charge in [-0.1, -0.05) is 28.1 Å². The Kier molecular flexibility index (Phi) is 5.39. The first-order valence-corrected chi connectivity index (χ1v) is 7.77. The van der Waals surface area contributed by atoms with Gasteiger partial charge >= 0.3 is 0 Å². The van der Waals surface area contributed by atoms with E-state index in [1.54, 1.807) is 0 Å². The Bertz CT molecular complexity index is 403. The second-order valence-corrected chi connectivity index (χ2v) is 6.44. The number of hydrogen-bond acceptors (Lipinski definition) is 3. The average Bonchev–Trinajstić information content (AvgIpc) is 2.39. The fourth-order valence-corrected chi connectivity index (χ4v) is 3.37. The number of hydrogen-bond donors (Lipinski definition) is 2. The van der Waals surface area contributed by atoms with Crippen LogP contribution in [-0.4, -0.2) is 35.7 Å². The summed E-state index contributed by atoms with van der Waals surface area (Å²) in [6.07, 6.45) is 2.13. The van der Waals surface area contributed by atoms with E-state index < -0.39 is 0 Å².